The van der Waals surface area contributed by atoms with Gasteiger partial charge in [-0.3, -0.25) is 0 Å². The van der Waals surface area contributed by atoms with Gasteiger partial charge in [0.25, 0.3) is 0 Å². The Labute approximate surface area is 129 Å². The monoisotopic (exact) mass is 290 g/mol. The lowest BCUT2D eigenvalue weighted by molar-refractivity contribution is 0.199. The lowest BCUT2D eigenvalue weighted by Gasteiger charge is -2.38. The van der Waals surface area contributed by atoms with Gasteiger partial charge in [0.1, 0.15) is 0 Å². The zero-order valence-electron chi connectivity index (χ0n) is 13.8. The molecular weight excluding hydrogens is 260 g/mol. The topological polar surface area (TPSA) is 24.5 Å². The number of piperidine rings is 1. The number of rotatable bonds is 7. The van der Waals surface area contributed by atoms with Gasteiger partial charge in [-0.25, -0.2) is 0 Å². The highest BCUT2D eigenvalue weighted by Gasteiger charge is 2.22. The van der Waals surface area contributed by atoms with E-state index >= 15 is 0 Å². The minimum absolute atomic E-state index is 0.725. The maximum Gasteiger partial charge on any atom is 0.0587 e. The summed E-state index contributed by atoms with van der Waals surface area (Å²) in [5.74, 6) is 0. The lowest BCUT2D eigenvalue weighted by Crippen LogP contribution is -2.39. The molecule has 1 saturated heterocycles. The molecule has 0 radical (unpaired) electrons. The Morgan fingerprint density at radius 3 is 2.90 bits per heavy atom. The molecule has 1 unspecified atom stereocenters. The fraction of sp³-hybridized carbons (Fsp3) is 0.667. The number of benzene rings is 1. The first-order valence-electron chi connectivity index (χ1n) is 8.32. The van der Waals surface area contributed by atoms with Gasteiger partial charge in [-0.15, -0.1) is 0 Å². The molecule has 21 heavy (non-hydrogen) atoms. The van der Waals surface area contributed by atoms with E-state index in [1.54, 1.807) is 7.11 Å². The van der Waals surface area contributed by atoms with Gasteiger partial charge in [-0.1, -0.05) is 19.1 Å². The molecule has 118 valence electrons. The molecule has 0 spiro atoms. The maximum atomic E-state index is 5.06. The predicted molar refractivity (Wildman–Crippen MR) is 90.0 cm³/mol. The Balaban J connectivity index is 2.01. The van der Waals surface area contributed by atoms with Crippen LogP contribution in [0.15, 0.2) is 18.2 Å². The van der Waals surface area contributed by atoms with E-state index in [1.165, 1.54) is 49.0 Å². The highest BCUT2D eigenvalue weighted by Crippen LogP contribution is 2.29. The van der Waals surface area contributed by atoms with E-state index in [9.17, 15) is 0 Å². The SMILES string of the molecule is CCC1CCCCN1c1ccc(CNCCOC)cc1C. The summed E-state index contributed by atoms with van der Waals surface area (Å²) in [6, 6.07) is 7.64. The van der Waals surface area contributed by atoms with Crippen LogP contribution in [0, 0.1) is 6.92 Å². The molecule has 1 atom stereocenters. The average molecular weight is 290 g/mol. The average Bonchev–Trinajstić information content (AvgIpc) is 2.52. The minimum atomic E-state index is 0.725. The van der Waals surface area contributed by atoms with E-state index in [2.05, 4.69) is 42.3 Å². The molecule has 0 aliphatic carbocycles. The quantitative estimate of drug-likeness (QED) is 0.778. The second-order valence-electron chi connectivity index (χ2n) is 6.04. The predicted octanol–water partition coefficient (Wildman–Crippen LogP) is 3.50. The smallest absolute Gasteiger partial charge is 0.0587 e. The van der Waals surface area contributed by atoms with Crippen LogP contribution in [0.5, 0.6) is 0 Å². The highest BCUT2D eigenvalue weighted by atomic mass is 16.5. The second-order valence-corrected chi connectivity index (χ2v) is 6.04. The van der Waals surface area contributed by atoms with Crippen molar-refractivity contribution in [3.63, 3.8) is 0 Å². The van der Waals surface area contributed by atoms with Gasteiger partial charge in [0.05, 0.1) is 6.61 Å². The molecule has 0 bridgehead atoms. The van der Waals surface area contributed by atoms with E-state index < -0.39 is 0 Å². The van der Waals surface area contributed by atoms with Crippen molar-refractivity contribution >= 4 is 5.69 Å². The molecule has 1 N–H and O–H groups in total. The van der Waals surface area contributed by atoms with Crippen LogP contribution in [0.25, 0.3) is 0 Å². The van der Waals surface area contributed by atoms with E-state index in [0.29, 0.717) is 0 Å². The van der Waals surface area contributed by atoms with Crippen molar-refractivity contribution in [2.75, 3.05) is 31.7 Å². The summed E-state index contributed by atoms with van der Waals surface area (Å²) in [5, 5.41) is 3.41. The van der Waals surface area contributed by atoms with Gasteiger partial charge >= 0.3 is 0 Å². The number of anilines is 1. The van der Waals surface area contributed by atoms with Crippen LogP contribution in [0.1, 0.15) is 43.7 Å². The number of nitrogens with one attached hydrogen (secondary N) is 1. The fourth-order valence-corrected chi connectivity index (χ4v) is 3.30. The summed E-state index contributed by atoms with van der Waals surface area (Å²) in [7, 11) is 1.74. The number of nitrogens with zero attached hydrogens (tertiary/aromatic N) is 1. The van der Waals surface area contributed by atoms with Crippen molar-refractivity contribution in [2.24, 2.45) is 0 Å². The van der Waals surface area contributed by atoms with Crippen LogP contribution < -0.4 is 10.2 Å². The van der Waals surface area contributed by atoms with Gasteiger partial charge in [-0.2, -0.15) is 0 Å². The van der Waals surface area contributed by atoms with Crippen molar-refractivity contribution in [1.29, 1.82) is 0 Å². The molecule has 2 rings (SSSR count). The van der Waals surface area contributed by atoms with Crippen molar-refractivity contribution < 1.29 is 4.74 Å². The van der Waals surface area contributed by atoms with Crippen LogP contribution in [0.3, 0.4) is 0 Å². The van der Waals surface area contributed by atoms with Crippen LogP contribution in [0.2, 0.25) is 0 Å². The number of hydrogen-bond acceptors (Lipinski definition) is 3. The van der Waals surface area contributed by atoms with Crippen molar-refractivity contribution in [3.05, 3.63) is 29.3 Å². The second kappa shape index (κ2) is 8.40. The molecule has 1 aromatic carbocycles. The minimum Gasteiger partial charge on any atom is -0.383 e. The zero-order chi connectivity index (χ0) is 15.1. The Hall–Kier alpha value is -1.06. The summed E-state index contributed by atoms with van der Waals surface area (Å²) in [6.45, 7) is 8.36. The van der Waals surface area contributed by atoms with Crippen molar-refractivity contribution in [2.45, 2.75) is 52.1 Å². The Morgan fingerprint density at radius 2 is 2.19 bits per heavy atom. The van der Waals surface area contributed by atoms with Crippen LogP contribution in [0.4, 0.5) is 5.69 Å². The third kappa shape index (κ3) is 4.45. The van der Waals surface area contributed by atoms with Gasteiger partial charge in [-0.05, 0) is 49.8 Å². The molecule has 1 aliphatic rings. The summed E-state index contributed by atoms with van der Waals surface area (Å²) in [6.07, 6.45) is 5.31. The molecule has 1 aromatic rings. The molecule has 0 saturated carbocycles. The number of methoxy groups -OCH3 is 1. The van der Waals surface area contributed by atoms with Gasteiger partial charge in [0, 0.05) is 38.5 Å². The molecule has 1 aliphatic heterocycles. The Morgan fingerprint density at radius 1 is 1.33 bits per heavy atom. The third-order valence-corrected chi connectivity index (χ3v) is 4.48. The van der Waals surface area contributed by atoms with E-state index in [4.69, 9.17) is 4.74 Å². The van der Waals surface area contributed by atoms with Gasteiger partial charge in [0.2, 0.25) is 0 Å². The summed E-state index contributed by atoms with van der Waals surface area (Å²) in [5.41, 5.74) is 4.20. The first kappa shape index (κ1) is 16.3. The first-order chi connectivity index (χ1) is 10.3. The lowest BCUT2D eigenvalue weighted by atomic mass is 9.97. The Bertz CT molecular complexity index is 433. The van der Waals surface area contributed by atoms with E-state index in [-0.39, 0.29) is 0 Å². The molecular formula is C18H30N2O. The van der Waals surface area contributed by atoms with Crippen LogP contribution >= 0.6 is 0 Å². The highest BCUT2D eigenvalue weighted by molar-refractivity contribution is 5.55. The normalized spacial score (nSPS) is 19.0. The third-order valence-electron chi connectivity index (χ3n) is 4.48. The number of aryl methyl sites for hydroxylation is 1. The van der Waals surface area contributed by atoms with Crippen molar-refractivity contribution in [1.82, 2.24) is 5.32 Å². The summed E-state index contributed by atoms with van der Waals surface area (Å²) < 4.78 is 5.06. The summed E-state index contributed by atoms with van der Waals surface area (Å²) >= 11 is 0. The number of hydrogen-bond donors (Lipinski definition) is 1. The standard InChI is InChI=1S/C18H30N2O/c1-4-17-7-5-6-11-20(17)18-9-8-16(13-15(18)2)14-19-10-12-21-3/h8-9,13,17,19H,4-7,10-12,14H2,1-3H3. The molecule has 0 amide bonds. The zero-order valence-corrected chi connectivity index (χ0v) is 13.8. The molecule has 0 aromatic heterocycles. The maximum absolute atomic E-state index is 5.06. The van der Waals surface area contributed by atoms with E-state index in [0.717, 1.165) is 25.7 Å². The van der Waals surface area contributed by atoms with Crippen LogP contribution in [-0.2, 0) is 11.3 Å². The largest absolute Gasteiger partial charge is 0.383 e. The van der Waals surface area contributed by atoms with E-state index in [1.807, 2.05) is 0 Å². The molecule has 1 heterocycles. The fourth-order valence-electron chi connectivity index (χ4n) is 3.30. The van der Waals surface area contributed by atoms with Gasteiger partial charge in [0.15, 0.2) is 0 Å². The number of ether oxygens (including phenoxy) is 1. The Kier molecular flexibility index (Phi) is 6.52. The molecule has 3 heteroatoms. The van der Waals surface area contributed by atoms with Crippen LogP contribution in [-0.4, -0.2) is 32.8 Å². The van der Waals surface area contributed by atoms with Crippen molar-refractivity contribution in [3.8, 4) is 0 Å². The van der Waals surface area contributed by atoms with Gasteiger partial charge < -0.3 is 15.0 Å². The molecule has 3 nitrogen and oxygen atoms in total. The molecule has 1 fully saturated rings. The first-order valence-corrected chi connectivity index (χ1v) is 8.32. The summed E-state index contributed by atoms with van der Waals surface area (Å²) in [4.78, 5) is 2.63.